The van der Waals surface area contributed by atoms with E-state index in [4.69, 9.17) is 0 Å². The second kappa shape index (κ2) is 3.44. The maximum Gasteiger partial charge on any atom is 0.0205 e. The highest BCUT2D eigenvalue weighted by Gasteiger charge is 2.05. The Morgan fingerprint density at radius 2 is 1.54 bits per heavy atom. The van der Waals surface area contributed by atoms with Gasteiger partial charge >= 0.3 is 0 Å². The van der Waals surface area contributed by atoms with Crippen LogP contribution in [0.25, 0.3) is 0 Å². The summed E-state index contributed by atoms with van der Waals surface area (Å²) in [5.41, 5.74) is 2.41. The SMILES string of the molecule is C=C1C=CC(c2ccccc2)C=C1. The van der Waals surface area contributed by atoms with Crippen LogP contribution in [0.3, 0.4) is 0 Å². The zero-order valence-corrected chi connectivity index (χ0v) is 7.48. The largest absolute Gasteiger partial charge is 0.0918 e. The molecule has 0 aromatic heterocycles. The van der Waals surface area contributed by atoms with Gasteiger partial charge in [-0.2, -0.15) is 0 Å². The van der Waals surface area contributed by atoms with Crippen molar-refractivity contribution in [2.75, 3.05) is 0 Å². The van der Waals surface area contributed by atoms with Crippen LogP contribution < -0.4 is 0 Å². The van der Waals surface area contributed by atoms with Gasteiger partial charge in [-0.3, -0.25) is 0 Å². The third-order valence-corrected chi connectivity index (χ3v) is 2.22. The van der Waals surface area contributed by atoms with Crippen molar-refractivity contribution < 1.29 is 0 Å². The normalized spacial score (nSPS) is 16.5. The fourth-order valence-corrected chi connectivity index (χ4v) is 1.47. The molecule has 0 amide bonds. The standard InChI is InChI=1S/C13H12/c1-11-7-9-13(10-8-11)12-5-3-2-4-6-12/h2-10,13H,1H2. The lowest BCUT2D eigenvalue weighted by molar-refractivity contribution is 1.07. The number of hydrogen-bond acceptors (Lipinski definition) is 0. The highest BCUT2D eigenvalue weighted by atomic mass is 14.1. The Bertz CT molecular complexity index is 339. The molecular formula is C13H12. The number of benzene rings is 1. The van der Waals surface area contributed by atoms with Crippen LogP contribution in [0.2, 0.25) is 0 Å². The molecule has 0 fully saturated rings. The predicted octanol–water partition coefficient (Wildman–Crippen LogP) is 3.45. The van der Waals surface area contributed by atoms with Crippen molar-refractivity contribution in [3.05, 3.63) is 72.4 Å². The molecule has 1 aromatic rings. The Hall–Kier alpha value is -1.56. The molecule has 64 valence electrons. The topological polar surface area (TPSA) is 0 Å². The summed E-state index contributed by atoms with van der Waals surface area (Å²) in [4.78, 5) is 0. The molecule has 13 heavy (non-hydrogen) atoms. The van der Waals surface area contributed by atoms with Crippen molar-refractivity contribution in [3.63, 3.8) is 0 Å². The van der Waals surface area contributed by atoms with E-state index >= 15 is 0 Å². The lowest BCUT2D eigenvalue weighted by Crippen LogP contribution is -1.93. The van der Waals surface area contributed by atoms with Gasteiger partial charge in [0.2, 0.25) is 0 Å². The van der Waals surface area contributed by atoms with Gasteiger partial charge in [0.15, 0.2) is 0 Å². The van der Waals surface area contributed by atoms with E-state index in [2.05, 4.69) is 55.1 Å². The van der Waals surface area contributed by atoms with E-state index in [0.717, 1.165) is 5.57 Å². The fraction of sp³-hybridized carbons (Fsp3) is 0.0769. The second-order valence-electron chi connectivity index (χ2n) is 3.23. The van der Waals surface area contributed by atoms with E-state index in [1.54, 1.807) is 0 Å². The number of rotatable bonds is 1. The van der Waals surface area contributed by atoms with Crippen molar-refractivity contribution in [2.45, 2.75) is 5.92 Å². The summed E-state index contributed by atoms with van der Waals surface area (Å²) in [6, 6.07) is 10.5. The maximum absolute atomic E-state index is 3.87. The zero-order valence-electron chi connectivity index (χ0n) is 7.48. The highest BCUT2D eigenvalue weighted by Crippen LogP contribution is 2.23. The maximum atomic E-state index is 3.87. The van der Waals surface area contributed by atoms with E-state index in [0.29, 0.717) is 5.92 Å². The highest BCUT2D eigenvalue weighted by molar-refractivity contribution is 5.40. The number of hydrogen-bond donors (Lipinski definition) is 0. The fourth-order valence-electron chi connectivity index (χ4n) is 1.47. The Morgan fingerprint density at radius 3 is 2.15 bits per heavy atom. The molecule has 0 heterocycles. The minimum atomic E-state index is 0.423. The van der Waals surface area contributed by atoms with Gasteiger partial charge in [0.05, 0.1) is 0 Å². The molecule has 0 nitrogen and oxygen atoms in total. The lowest BCUT2D eigenvalue weighted by atomic mass is 9.94. The molecule has 0 unspecified atom stereocenters. The van der Waals surface area contributed by atoms with Gasteiger partial charge in [0.25, 0.3) is 0 Å². The van der Waals surface area contributed by atoms with Crippen molar-refractivity contribution in [3.8, 4) is 0 Å². The molecule has 0 aliphatic heterocycles. The van der Waals surface area contributed by atoms with Gasteiger partial charge in [-0.05, 0) is 11.1 Å². The predicted molar refractivity (Wildman–Crippen MR) is 56.6 cm³/mol. The van der Waals surface area contributed by atoms with Crippen LogP contribution in [0.1, 0.15) is 11.5 Å². The molecule has 0 atom stereocenters. The van der Waals surface area contributed by atoms with Crippen LogP contribution in [0, 0.1) is 0 Å². The molecular weight excluding hydrogens is 156 g/mol. The zero-order chi connectivity index (χ0) is 9.10. The molecule has 0 N–H and O–H groups in total. The van der Waals surface area contributed by atoms with E-state index in [9.17, 15) is 0 Å². The molecule has 1 aromatic carbocycles. The van der Waals surface area contributed by atoms with Crippen LogP contribution >= 0.6 is 0 Å². The molecule has 2 rings (SSSR count). The minimum Gasteiger partial charge on any atom is -0.0918 e. The van der Waals surface area contributed by atoms with Gasteiger partial charge < -0.3 is 0 Å². The molecule has 0 saturated heterocycles. The van der Waals surface area contributed by atoms with E-state index < -0.39 is 0 Å². The van der Waals surface area contributed by atoms with Crippen LogP contribution in [-0.2, 0) is 0 Å². The average Bonchev–Trinajstić information content (AvgIpc) is 2.20. The van der Waals surface area contributed by atoms with E-state index in [1.165, 1.54) is 5.56 Å². The van der Waals surface area contributed by atoms with E-state index in [-0.39, 0.29) is 0 Å². The molecule has 1 aliphatic carbocycles. The van der Waals surface area contributed by atoms with Crippen LogP contribution in [-0.4, -0.2) is 0 Å². The van der Waals surface area contributed by atoms with Gasteiger partial charge in [0, 0.05) is 5.92 Å². The first kappa shape index (κ1) is 8.06. The second-order valence-corrected chi connectivity index (χ2v) is 3.23. The first-order chi connectivity index (χ1) is 6.36. The first-order valence-corrected chi connectivity index (χ1v) is 4.46. The number of allylic oxidation sites excluding steroid dienone is 5. The van der Waals surface area contributed by atoms with Crippen molar-refractivity contribution in [1.82, 2.24) is 0 Å². The van der Waals surface area contributed by atoms with Crippen molar-refractivity contribution in [2.24, 2.45) is 0 Å². The molecule has 0 heteroatoms. The van der Waals surface area contributed by atoms with Gasteiger partial charge in [-0.1, -0.05) is 61.2 Å². The Morgan fingerprint density at radius 1 is 0.923 bits per heavy atom. The third kappa shape index (κ3) is 1.78. The molecule has 0 radical (unpaired) electrons. The summed E-state index contributed by atoms with van der Waals surface area (Å²) in [7, 11) is 0. The quantitative estimate of drug-likeness (QED) is 0.602. The summed E-state index contributed by atoms with van der Waals surface area (Å²) in [5, 5.41) is 0. The average molecular weight is 168 g/mol. The molecule has 1 aliphatic rings. The van der Waals surface area contributed by atoms with Crippen LogP contribution in [0.4, 0.5) is 0 Å². The Labute approximate surface area is 78.9 Å². The minimum absolute atomic E-state index is 0.423. The molecule has 0 saturated carbocycles. The summed E-state index contributed by atoms with van der Waals surface area (Å²) < 4.78 is 0. The van der Waals surface area contributed by atoms with Gasteiger partial charge in [-0.15, -0.1) is 0 Å². The monoisotopic (exact) mass is 168 g/mol. The lowest BCUT2D eigenvalue weighted by Gasteiger charge is -2.11. The van der Waals surface area contributed by atoms with E-state index in [1.807, 2.05) is 6.07 Å². The van der Waals surface area contributed by atoms with Crippen LogP contribution in [0.5, 0.6) is 0 Å². The summed E-state index contributed by atoms with van der Waals surface area (Å²) in [6.07, 6.45) is 8.49. The summed E-state index contributed by atoms with van der Waals surface area (Å²) >= 11 is 0. The van der Waals surface area contributed by atoms with Crippen molar-refractivity contribution in [1.29, 1.82) is 0 Å². The Balaban J connectivity index is 2.25. The summed E-state index contributed by atoms with van der Waals surface area (Å²) in [5.74, 6) is 0.423. The molecule has 0 bridgehead atoms. The Kier molecular flexibility index (Phi) is 2.13. The van der Waals surface area contributed by atoms with Crippen molar-refractivity contribution >= 4 is 0 Å². The smallest absolute Gasteiger partial charge is 0.0205 e. The van der Waals surface area contributed by atoms with Crippen LogP contribution in [0.15, 0.2) is 66.8 Å². The molecule has 0 spiro atoms. The summed E-state index contributed by atoms with van der Waals surface area (Å²) in [6.45, 7) is 3.87. The first-order valence-electron chi connectivity index (χ1n) is 4.46. The van der Waals surface area contributed by atoms with Gasteiger partial charge in [-0.25, -0.2) is 0 Å². The third-order valence-electron chi connectivity index (χ3n) is 2.22. The van der Waals surface area contributed by atoms with Gasteiger partial charge in [0.1, 0.15) is 0 Å².